The highest BCUT2D eigenvalue weighted by molar-refractivity contribution is 7.88. The molecule has 0 heterocycles. The van der Waals surface area contributed by atoms with Gasteiger partial charge in [-0.05, 0) is 25.2 Å². The first-order valence-corrected chi connectivity index (χ1v) is 9.43. The topological polar surface area (TPSA) is 86.7 Å². The molecule has 7 heteroatoms. The molecule has 1 unspecified atom stereocenters. The summed E-state index contributed by atoms with van der Waals surface area (Å²) in [6.07, 6.45) is 3.04. The number of amides is 1. The number of nitrogens with one attached hydrogen (secondary N) is 1. The monoisotopic (exact) mass is 322 g/mol. The highest BCUT2D eigenvalue weighted by Gasteiger charge is 2.30. The van der Waals surface area contributed by atoms with Crippen molar-refractivity contribution in [3.8, 4) is 0 Å². The van der Waals surface area contributed by atoms with E-state index in [9.17, 15) is 18.3 Å². The predicted molar refractivity (Wildman–Crippen MR) is 84.4 cm³/mol. The molecule has 0 radical (unpaired) electrons. The summed E-state index contributed by atoms with van der Waals surface area (Å²) >= 11 is 0. The van der Waals surface area contributed by atoms with E-state index in [1.807, 2.05) is 27.7 Å². The lowest BCUT2D eigenvalue weighted by molar-refractivity contribution is -0.136. The molecule has 2 N–H and O–H groups in total. The van der Waals surface area contributed by atoms with Crippen LogP contribution in [-0.4, -0.2) is 55.8 Å². The minimum atomic E-state index is -3.46. The highest BCUT2D eigenvalue weighted by atomic mass is 32.2. The van der Waals surface area contributed by atoms with E-state index in [4.69, 9.17) is 0 Å². The molecule has 0 fully saturated rings. The van der Waals surface area contributed by atoms with E-state index in [-0.39, 0.29) is 31.0 Å². The number of carbonyl (C=O) groups is 1. The van der Waals surface area contributed by atoms with Crippen LogP contribution >= 0.6 is 0 Å². The number of nitrogens with zero attached hydrogens (tertiary/aromatic N) is 1. The van der Waals surface area contributed by atoms with Crippen molar-refractivity contribution in [2.75, 3.05) is 19.4 Å². The lowest BCUT2D eigenvalue weighted by atomic mass is 10.0. The Labute approximate surface area is 129 Å². The Morgan fingerprint density at radius 3 is 2.10 bits per heavy atom. The van der Waals surface area contributed by atoms with Crippen LogP contribution in [0.3, 0.4) is 0 Å². The minimum Gasteiger partial charge on any atom is -0.395 e. The van der Waals surface area contributed by atoms with Gasteiger partial charge in [-0.25, -0.2) is 13.1 Å². The van der Waals surface area contributed by atoms with Gasteiger partial charge in [0.2, 0.25) is 15.9 Å². The fraction of sp³-hybridized carbons (Fsp3) is 0.929. The second kappa shape index (κ2) is 9.38. The lowest BCUT2D eigenvalue weighted by Gasteiger charge is -2.33. The van der Waals surface area contributed by atoms with Crippen LogP contribution in [0.2, 0.25) is 0 Å². The normalized spacial score (nSPS) is 13.7. The van der Waals surface area contributed by atoms with Gasteiger partial charge in [0, 0.05) is 12.6 Å². The van der Waals surface area contributed by atoms with Gasteiger partial charge in [0.25, 0.3) is 0 Å². The average molecular weight is 322 g/mol. The summed E-state index contributed by atoms with van der Waals surface area (Å²) in [7, 11) is -3.46. The van der Waals surface area contributed by atoms with Crippen LogP contribution in [0.15, 0.2) is 0 Å². The third-order valence-corrected chi connectivity index (χ3v) is 4.08. The quantitative estimate of drug-likeness (QED) is 0.627. The first-order valence-electron chi connectivity index (χ1n) is 7.54. The summed E-state index contributed by atoms with van der Waals surface area (Å²) in [4.78, 5) is 14.3. The van der Waals surface area contributed by atoms with Crippen LogP contribution in [0, 0.1) is 5.92 Å². The van der Waals surface area contributed by atoms with Crippen molar-refractivity contribution in [1.82, 2.24) is 9.62 Å². The summed E-state index contributed by atoms with van der Waals surface area (Å²) < 4.78 is 25.4. The highest BCUT2D eigenvalue weighted by Crippen LogP contribution is 2.14. The fourth-order valence-corrected chi connectivity index (χ4v) is 3.15. The molecule has 0 aromatic heterocycles. The van der Waals surface area contributed by atoms with Crippen LogP contribution in [0.4, 0.5) is 0 Å². The van der Waals surface area contributed by atoms with E-state index < -0.39 is 16.1 Å². The third-order valence-electron chi connectivity index (χ3n) is 3.37. The molecule has 1 amide bonds. The molecule has 6 nitrogen and oxygen atoms in total. The Bertz CT molecular complexity index is 405. The van der Waals surface area contributed by atoms with E-state index >= 15 is 0 Å². The van der Waals surface area contributed by atoms with Crippen LogP contribution in [0.25, 0.3) is 0 Å². The zero-order valence-electron chi connectivity index (χ0n) is 13.8. The Morgan fingerprint density at radius 2 is 1.76 bits per heavy atom. The van der Waals surface area contributed by atoms with Gasteiger partial charge in [0.1, 0.15) is 6.04 Å². The van der Waals surface area contributed by atoms with Crippen molar-refractivity contribution in [2.24, 2.45) is 5.92 Å². The van der Waals surface area contributed by atoms with Crippen LogP contribution in [0.1, 0.15) is 47.0 Å². The van der Waals surface area contributed by atoms with Gasteiger partial charge in [-0.3, -0.25) is 4.79 Å². The number of sulfonamides is 1. The van der Waals surface area contributed by atoms with Gasteiger partial charge in [0.15, 0.2) is 0 Å². The molecule has 0 rings (SSSR count). The number of hydrogen-bond donors (Lipinski definition) is 2. The molecule has 1 atom stereocenters. The molecule has 0 saturated heterocycles. The third kappa shape index (κ3) is 7.78. The minimum absolute atomic E-state index is 0.0145. The summed E-state index contributed by atoms with van der Waals surface area (Å²) in [6.45, 7) is 7.94. The van der Waals surface area contributed by atoms with Crippen LogP contribution in [-0.2, 0) is 14.8 Å². The molecule has 0 aliphatic carbocycles. The van der Waals surface area contributed by atoms with E-state index in [1.54, 1.807) is 4.90 Å². The molecule has 0 aliphatic rings. The molecule has 0 aromatic carbocycles. The van der Waals surface area contributed by atoms with Crippen molar-refractivity contribution in [3.63, 3.8) is 0 Å². The number of aliphatic hydroxyl groups is 1. The Balaban J connectivity index is 5.26. The van der Waals surface area contributed by atoms with Crippen molar-refractivity contribution >= 4 is 15.9 Å². The molecule has 0 bridgehead atoms. The molecule has 0 saturated carbocycles. The van der Waals surface area contributed by atoms with Gasteiger partial charge in [0.05, 0.1) is 12.9 Å². The maximum Gasteiger partial charge on any atom is 0.241 e. The van der Waals surface area contributed by atoms with Crippen LogP contribution < -0.4 is 4.72 Å². The zero-order valence-corrected chi connectivity index (χ0v) is 14.6. The average Bonchev–Trinajstić information content (AvgIpc) is 2.35. The summed E-state index contributed by atoms with van der Waals surface area (Å²) in [5.74, 6) is -0.0669. The SMILES string of the molecule is CCC(CC)N(CCO)C(=O)C(CC(C)C)NS(C)(=O)=O. The zero-order chi connectivity index (χ0) is 16.6. The van der Waals surface area contributed by atoms with Crippen molar-refractivity contribution < 1.29 is 18.3 Å². The molecule has 0 aliphatic heterocycles. The Morgan fingerprint density at radius 1 is 1.24 bits per heavy atom. The van der Waals surface area contributed by atoms with Gasteiger partial charge >= 0.3 is 0 Å². The number of aliphatic hydroxyl groups excluding tert-OH is 1. The van der Waals surface area contributed by atoms with Gasteiger partial charge in [-0.1, -0.05) is 27.7 Å². The fourth-order valence-electron chi connectivity index (χ4n) is 2.44. The van der Waals surface area contributed by atoms with E-state index in [1.165, 1.54) is 0 Å². The van der Waals surface area contributed by atoms with Crippen molar-refractivity contribution in [1.29, 1.82) is 0 Å². The number of hydrogen-bond acceptors (Lipinski definition) is 4. The summed E-state index contributed by atoms with van der Waals surface area (Å²) in [5, 5.41) is 9.19. The largest absolute Gasteiger partial charge is 0.395 e. The van der Waals surface area contributed by atoms with E-state index in [0.29, 0.717) is 6.42 Å². The Kier molecular flexibility index (Phi) is 9.08. The molecule has 126 valence electrons. The maximum absolute atomic E-state index is 12.7. The van der Waals surface area contributed by atoms with Gasteiger partial charge in [-0.15, -0.1) is 0 Å². The standard InChI is InChI=1S/C14H30N2O4S/c1-6-12(7-2)16(8-9-17)14(18)13(10-11(3)4)15-21(5,19)20/h11-13,15,17H,6-10H2,1-5H3. The molecule has 0 spiro atoms. The van der Waals surface area contributed by atoms with Crippen molar-refractivity contribution in [2.45, 2.75) is 59.0 Å². The first kappa shape index (κ1) is 20.3. The molecule has 21 heavy (non-hydrogen) atoms. The van der Waals surface area contributed by atoms with Crippen molar-refractivity contribution in [3.05, 3.63) is 0 Å². The number of carbonyl (C=O) groups excluding carboxylic acids is 1. The predicted octanol–water partition coefficient (Wildman–Crippen LogP) is 0.960. The number of rotatable bonds is 10. The molecular weight excluding hydrogens is 292 g/mol. The lowest BCUT2D eigenvalue weighted by Crippen LogP contribution is -2.52. The van der Waals surface area contributed by atoms with Crippen LogP contribution in [0.5, 0.6) is 0 Å². The van der Waals surface area contributed by atoms with Gasteiger partial charge in [-0.2, -0.15) is 0 Å². The smallest absolute Gasteiger partial charge is 0.241 e. The van der Waals surface area contributed by atoms with E-state index in [0.717, 1.165) is 19.1 Å². The first-order chi connectivity index (χ1) is 9.66. The van der Waals surface area contributed by atoms with Gasteiger partial charge < -0.3 is 10.0 Å². The van der Waals surface area contributed by atoms with E-state index in [2.05, 4.69) is 4.72 Å². The second-order valence-electron chi connectivity index (χ2n) is 5.80. The summed E-state index contributed by atoms with van der Waals surface area (Å²) in [5.41, 5.74) is 0. The Hall–Kier alpha value is -0.660. The second-order valence-corrected chi connectivity index (χ2v) is 7.58. The molecule has 0 aromatic rings. The summed E-state index contributed by atoms with van der Waals surface area (Å²) in [6, 6.07) is -0.757. The molecular formula is C14H30N2O4S. The maximum atomic E-state index is 12.7.